The van der Waals surface area contributed by atoms with Gasteiger partial charge in [0.2, 0.25) is 0 Å². The Bertz CT molecular complexity index is 1010. The molecule has 0 saturated carbocycles. The molecule has 0 fully saturated rings. The zero-order valence-electron chi connectivity index (χ0n) is 23.7. The minimum Gasteiger partial charge on any atom is -0.493 e. The molecule has 0 radical (unpaired) electrons. The molecule has 0 atom stereocenters. The van der Waals surface area contributed by atoms with Crippen LogP contribution in [0.5, 0.6) is 5.75 Å². The van der Waals surface area contributed by atoms with Crippen molar-refractivity contribution < 1.29 is 4.74 Å². The average Bonchev–Trinajstić information content (AvgIpc) is 3.40. The number of hydrogen-bond acceptors (Lipinski definition) is 3. The Morgan fingerprint density at radius 1 is 0.622 bits per heavy atom. The van der Waals surface area contributed by atoms with Crippen LogP contribution in [0.1, 0.15) is 102 Å². The van der Waals surface area contributed by atoms with Gasteiger partial charge in [-0.1, -0.05) is 90.2 Å². The lowest BCUT2D eigenvalue weighted by Gasteiger charge is -2.14. The average molecular weight is 537 g/mol. The van der Waals surface area contributed by atoms with Crippen LogP contribution in [0.25, 0.3) is 20.9 Å². The molecule has 0 bridgehead atoms. The third-order valence-corrected chi connectivity index (χ3v) is 9.28. The molecule has 3 rings (SSSR count). The zero-order valence-corrected chi connectivity index (χ0v) is 25.4. The predicted molar refractivity (Wildman–Crippen MR) is 168 cm³/mol. The molecule has 0 spiro atoms. The van der Waals surface area contributed by atoms with Crippen molar-refractivity contribution in [2.45, 2.75) is 110 Å². The van der Waals surface area contributed by atoms with Crippen molar-refractivity contribution in [2.75, 3.05) is 12.4 Å². The number of unbranched alkanes of at least 4 members (excludes halogenated alkanes) is 10. The maximum atomic E-state index is 6.24. The van der Waals surface area contributed by atoms with Gasteiger partial charge < -0.3 is 4.74 Å². The fraction of sp³-hybridized carbons (Fsp3) is 0.529. The van der Waals surface area contributed by atoms with E-state index in [4.69, 9.17) is 4.74 Å². The van der Waals surface area contributed by atoms with Crippen LogP contribution in [0.2, 0.25) is 0 Å². The van der Waals surface area contributed by atoms with Gasteiger partial charge in [0.25, 0.3) is 0 Å². The summed E-state index contributed by atoms with van der Waals surface area (Å²) in [5.41, 5.74) is 5.09. The molecule has 3 heteroatoms. The minimum atomic E-state index is 0.826. The largest absolute Gasteiger partial charge is 0.493 e. The Morgan fingerprint density at radius 3 is 1.78 bits per heavy atom. The summed E-state index contributed by atoms with van der Waals surface area (Å²) in [6.45, 7) is 9.75. The van der Waals surface area contributed by atoms with E-state index in [1.807, 2.05) is 23.1 Å². The van der Waals surface area contributed by atoms with Crippen molar-refractivity contribution in [3.63, 3.8) is 0 Å². The highest BCUT2D eigenvalue weighted by molar-refractivity contribution is 7.99. The molecule has 0 amide bonds. The van der Waals surface area contributed by atoms with Crippen LogP contribution >= 0.6 is 23.1 Å². The van der Waals surface area contributed by atoms with Crippen molar-refractivity contribution in [3.8, 4) is 26.6 Å². The van der Waals surface area contributed by atoms with Crippen molar-refractivity contribution in [3.05, 3.63) is 59.7 Å². The summed E-state index contributed by atoms with van der Waals surface area (Å²) in [7, 11) is 0. The Labute approximate surface area is 235 Å². The normalized spacial score (nSPS) is 11.2. The van der Waals surface area contributed by atoms with E-state index in [0.717, 1.165) is 18.8 Å². The monoisotopic (exact) mass is 536 g/mol. The van der Waals surface area contributed by atoms with E-state index < -0.39 is 0 Å². The Balaban J connectivity index is 1.50. The SMILES string of the molecule is CCCCCCCCCCOc1c(C)cc(-c2ccc(-c3ccc(SCCCCCC)cc3)s2)cc1C. The Kier molecular flexibility index (Phi) is 13.7. The molecule has 3 aromatic rings. The number of rotatable bonds is 18. The highest BCUT2D eigenvalue weighted by atomic mass is 32.2. The van der Waals surface area contributed by atoms with E-state index in [1.54, 1.807) is 0 Å². The van der Waals surface area contributed by atoms with Crippen LogP contribution < -0.4 is 4.74 Å². The van der Waals surface area contributed by atoms with Crippen molar-refractivity contribution in [1.82, 2.24) is 0 Å². The molecule has 2 aromatic carbocycles. The predicted octanol–water partition coefficient (Wildman–Crippen LogP) is 11.9. The highest BCUT2D eigenvalue weighted by Crippen LogP contribution is 2.38. The fourth-order valence-corrected chi connectivity index (χ4v) is 6.72. The van der Waals surface area contributed by atoms with Crippen molar-refractivity contribution >= 4 is 23.1 Å². The number of thioether (sulfide) groups is 1. The zero-order chi connectivity index (χ0) is 26.3. The lowest BCUT2D eigenvalue weighted by atomic mass is 10.0. The van der Waals surface area contributed by atoms with Crippen LogP contribution in [0, 0.1) is 13.8 Å². The Hall–Kier alpha value is -1.71. The van der Waals surface area contributed by atoms with Gasteiger partial charge in [-0.3, -0.25) is 0 Å². The van der Waals surface area contributed by atoms with Crippen LogP contribution in [-0.2, 0) is 0 Å². The van der Waals surface area contributed by atoms with Gasteiger partial charge in [0.15, 0.2) is 0 Å². The number of benzene rings is 2. The van der Waals surface area contributed by atoms with Gasteiger partial charge in [-0.25, -0.2) is 0 Å². The molecule has 0 saturated heterocycles. The highest BCUT2D eigenvalue weighted by Gasteiger charge is 2.11. The first-order valence-electron chi connectivity index (χ1n) is 14.7. The van der Waals surface area contributed by atoms with Gasteiger partial charge in [0.1, 0.15) is 5.75 Å². The summed E-state index contributed by atoms with van der Waals surface area (Å²) in [4.78, 5) is 4.04. The third-order valence-electron chi connectivity index (χ3n) is 7.00. The molecular weight excluding hydrogens is 489 g/mol. The first-order valence-corrected chi connectivity index (χ1v) is 16.5. The lowest BCUT2D eigenvalue weighted by molar-refractivity contribution is 0.300. The number of ether oxygens (including phenoxy) is 1. The molecule has 1 aromatic heterocycles. The minimum absolute atomic E-state index is 0.826. The van der Waals surface area contributed by atoms with Crippen LogP contribution in [0.3, 0.4) is 0 Å². The van der Waals surface area contributed by atoms with E-state index >= 15 is 0 Å². The number of hydrogen-bond donors (Lipinski definition) is 0. The van der Waals surface area contributed by atoms with E-state index in [0.29, 0.717) is 0 Å². The van der Waals surface area contributed by atoms with Crippen molar-refractivity contribution in [1.29, 1.82) is 0 Å². The summed E-state index contributed by atoms with van der Waals surface area (Å²) < 4.78 is 6.24. The molecule has 0 aliphatic carbocycles. The maximum absolute atomic E-state index is 6.24. The summed E-state index contributed by atoms with van der Waals surface area (Å²) in [5, 5.41) is 0. The molecule has 0 N–H and O–H groups in total. The van der Waals surface area contributed by atoms with Gasteiger partial charge >= 0.3 is 0 Å². The molecule has 1 heterocycles. The fourth-order valence-electron chi connectivity index (χ4n) is 4.81. The van der Waals surface area contributed by atoms with E-state index in [9.17, 15) is 0 Å². The molecule has 0 unspecified atom stereocenters. The van der Waals surface area contributed by atoms with Gasteiger partial charge in [-0.05, 0) is 91.1 Å². The topological polar surface area (TPSA) is 9.23 Å². The second-order valence-electron chi connectivity index (χ2n) is 10.4. The van der Waals surface area contributed by atoms with Crippen LogP contribution in [0.4, 0.5) is 0 Å². The summed E-state index contributed by atoms with van der Waals surface area (Å²) >= 11 is 3.87. The quantitative estimate of drug-likeness (QED) is 0.118. The second kappa shape index (κ2) is 17.0. The molecule has 37 heavy (non-hydrogen) atoms. The van der Waals surface area contributed by atoms with Gasteiger partial charge in [0, 0.05) is 14.6 Å². The smallest absolute Gasteiger partial charge is 0.125 e. The van der Waals surface area contributed by atoms with Crippen LogP contribution in [0.15, 0.2) is 53.4 Å². The van der Waals surface area contributed by atoms with Crippen molar-refractivity contribution in [2.24, 2.45) is 0 Å². The molecule has 1 nitrogen and oxygen atoms in total. The van der Waals surface area contributed by atoms with Crippen LogP contribution in [-0.4, -0.2) is 12.4 Å². The molecule has 0 aliphatic rings. The molecule has 202 valence electrons. The summed E-state index contributed by atoms with van der Waals surface area (Å²) in [5.74, 6) is 2.30. The number of aryl methyl sites for hydroxylation is 2. The van der Waals surface area contributed by atoms with Gasteiger partial charge in [-0.2, -0.15) is 0 Å². The third kappa shape index (κ3) is 10.2. The van der Waals surface area contributed by atoms with E-state index in [1.165, 1.54) is 113 Å². The first kappa shape index (κ1) is 29.8. The molecular formula is C34H48OS2. The first-order chi connectivity index (χ1) is 18.1. The standard InChI is InChI=1S/C34H48OS2/c1-5-7-9-11-12-13-14-15-23-35-34-27(3)25-30(26-28(34)4)33-22-21-32(37-33)29-17-19-31(20-18-29)36-24-16-10-8-6-2/h17-22,25-26H,5-16,23-24H2,1-4H3. The van der Waals surface area contributed by atoms with Gasteiger partial charge in [-0.15, -0.1) is 23.1 Å². The summed E-state index contributed by atoms with van der Waals surface area (Å²) in [6, 6.07) is 18.3. The number of thiophene rings is 1. The van der Waals surface area contributed by atoms with Gasteiger partial charge in [0.05, 0.1) is 6.61 Å². The second-order valence-corrected chi connectivity index (χ2v) is 12.6. The lowest BCUT2D eigenvalue weighted by Crippen LogP contribution is -2.01. The Morgan fingerprint density at radius 2 is 1.16 bits per heavy atom. The molecule has 0 aliphatic heterocycles. The summed E-state index contributed by atoms with van der Waals surface area (Å²) in [6.07, 6.45) is 16.0. The van der Waals surface area contributed by atoms with E-state index in [2.05, 4.69) is 76.2 Å². The maximum Gasteiger partial charge on any atom is 0.125 e. The van der Waals surface area contributed by atoms with E-state index in [-0.39, 0.29) is 0 Å².